The highest BCUT2D eigenvalue weighted by molar-refractivity contribution is 6.38. The van der Waals surface area contributed by atoms with E-state index < -0.39 is 41.8 Å². The van der Waals surface area contributed by atoms with Crippen molar-refractivity contribution in [2.45, 2.75) is 90.8 Å². The quantitative estimate of drug-likeness (QED) is 0.144. The second-order valence-corrected chi connectivity index (χ2v) is 10.2. The van der Waals surface area contributed by atoms with E-state index in [2.05, 4.69) is 47.6 Å². The second kappa shape index (κ2) is 23.2. The van der Waals surface area contributed by atoms with Crippen molar-refractivity contribution in [2.75, 3.05) is 27.2 Å². The van der Waals surface area contributed by atoms with Gasteiger partial charge in [-0.05, 0) is 49.1 Å². The van der Waals surface area contributed by atoms with Crippen LogP contribution in [0.15, 0.2) is 36.9 Å². The number of urea groups is 1. The minimum Gasteiger partial charge on any atom is -0.400 e. The Labute approximate surface area is 269 Å². The van der Waals surface area contributed by atoms with Crippen molar-refractivity contribution in [1.82, 2.24) is 26.2 Å². The molecule has 1 aromatic rings. The highest BCUT2D eigenvalue weighted by Crippen LogP contribution is 2.31. The zero-order valence-electron chi connectivity index (χ0n) is 27.8. The lowest BCUT2D eigenvalue weighted by atomic mass is 9.95. The van der Waals surface area contributed by atoms with Gasteiger partial charge in [-0.1, -0.05) is 64.5 Å². The maximum absolute atomic E-state index is 13.8. The number of amides is 5. The second-order valence-electron chi connectivity index (χ2n) is 10.2. The van der Waals surface area contributed by atoms with Crippen molar-refractivity contribution in [2.24, 2.45) is 5.92 Å². The SMILES string of the molecule is C#CCCC(NC(=O)C1CCCN1C(=O)C(NC(=O)NC)C1Cc2ccccc2C1)C(=O)C(=O)NCC=C.CC.CCC.CO. The number of aliphatic hydroxyl groups is 1. The Morgan fingerprint density at radius 1 is 1.09 bits per heavy atom. The number of benzene rings is 1. The first kappa shape index (κ1) is 40.8. The molecule has 5 N–H and O–H groups in total. The number of carbonyl (C=O) groups excluding carboxylic acids is 5. The van der Waals surface area contributed by atoms with Crippen molar-refractivity contribution in [3.05, 3.63) is 48.0 Å². The molecule has 1 aliphatic heterocycles. The van der Waals surface area contributed by atoms with Crippen LogP contribution in [0.3, 0.4) is 0 Å². The number of carbonyl (C=O) groups is 5. The van der Waals surface area contributed by atoms with Gasteiger partial charge >= 0.3 is 6.03 Å². The average molecular weight is 628 g/mol. The van der Waals surface area contributed by atoms with Gasteiger partial charge in [-0.25, -0.2) is 4.79 Å². The Morgan fingerprint density at radius 2 is 1.67 bits per heavy atom. The summed E-state index contributed by atoms with van der Waals surface area (Å²) in [6.45, 7) is 12.2. The molecule has 0 spiro atoms. The highest BCUT2D eigenvalue weighted by Gasteiger charge is 2.42. The fourth-order valence-corrected chi connectivity index (χ4v) is 5.08. The van der Waals surface area contributed by atoms with Gasteiger partial charge in [0.25, 0.3) is 5.91 Å². The van der Waals surface area contributed by atoms with Crippen LogP contribution in [-0.4, -0.2) is 84.9 Å². The van der Waals surface area contributed by atoms with Crippen LogP contribution in [0.4, 0.5) is 4.79 Å². The number of hydrogen-bond acceptors (Lipinski definition) is 6. The summed E-state index contributed by atoms with van der Waals surface area (Å²) in [5.41, 5.74) is 2.27. The normalized spacial score (nSPS) is 15.8. The Kier molecular flexibility index (Phi) is 21.1. The lowest BCUT2D eigenvalue weighted by molar-refractivity contribution is -0.143. The van der Waals surface area contributed by atoms with Crippen molar-refractivity contribution >= 4 is 29.5 Å². The molecule has 1 aromatic carbocycles. The summed E-state index contributed by atoms with van der Waals surface area (Å²) in [5, 5.41) is 17.4. The average Bonchev–Trinajstić information content (AvgIpc) is 3.74. The number of fused-ring (bicyclic) bond motifs is 1. The van der Waals surface area contributed by atoms with Crippen molar-refractivity contribution in [1.29, 1.82) is 0 Å². The summed E-state index contributed by atoms with van der Waals surface area (Å²) in [6.07, 6.45) is 10.5. The molecule has 1 aliphatic carbocycles. The molecule has 1 fully saturated rings. The third kappa shape index (κ3) is 12.8. The molecular formula is C34H53N5O6. The number of aliphatic hydroxyl groups excluding tert-OH is 1. The van der Waals surface area contributed by atoms with E-state index in [1.165, 1.54) is 24.4 Å². The lowest BCUT2D eigenvalue weighted by Gasteiger charge is -2.32. The van der Waals surface area contributed by atoms with Gasteiger partial charge in [-0.2, -0.15) is 0 Å². The molecule has 45 heavy (non-hydrogen) atoms. The topological polar surface area (TPSA) is 157 Å². The molecular weight excluding hydrogens is 574 g/mol. The molecule has 3 rings (SSSR count). The number of Topliss-reactive ketones (excluding diaryl/α,β-unsaturated/α-hetero) is 1. The van der Waals surface area contributed by atoms with E-state index in [9.17, 15) is 24.0 Å². The molecule has 0 radical (unpaired) electrons. The molecule has 250 valence electrons. The van der Waals surface area contributed by atoms with Crippen LogP contribution in [0.25, 0.3) is 0 Å². The van der Waals surface area contributed by atoms with Crippen LogP contribution in [0, 0.1) is 18.3 Å². The molecule has 2 aliphatic rings. The number of rotatable bonds is 11. The van der Waals surface area contributed by atoms with E-state index in [0.29, 0.717) is 32.2 Å². The molecule has 0 aromatic heterocycles. The maximum Gasteiger partial charge on any atom is 0.315 e. The van der Waals surface area contributed by atoms with Crippen LogP contribution < -0.4 is 21.3 Å². The van der Waals surface area contributed by atoms with Crippen molar-refractivity contribution in [3.8, 4) is 12.3 Å². The van der Waals surface area contributed by atoms with E-state index in [0.717, 1.165) is 18.2 Å². The molecule has 0 saturated carbocycles. The fraction of sp³-hybridized carbons (Fsp3) is 0.559. The predicted molar refractivity (Wildman–Crippen MR) is 177 cm³/mol. The summed E-state index contributed by atoms with van der Waals surface area (Å²) in [5.74, 6) is -0.282. The van der Waals surface area contributed by atoms with Gasteiger partial charge in [0, 0.05) is 33.7 Å². The minimum atomic E-state index is -1.12. The summed E-state index contributed by atoms with van der Waals surface area (Å²) < 4.78 is 0. The lowest BCUT2D eigenvalue weighted by Crippen LogP contribution is -2.58. The molecule has 5 amide bonds. The Hall–Kier alpha value is -4.17. The summed E-state index contributed by atoms with van der Waals surface area (Å²) in [6, 6.07) is 4.65. The van der Waals surface area contributed by atoms with Gasteiger partial charge in [-0.15, -0.1) is 18.9 Å². The fourth-order valence-electron chi connectivity index (χ4n) is 5.08. The molecule has 11 heteroatoms. The third-order valence-corrected chi connectivity index (χ3v) is 7.01. The monoisotopic (exact) mass is 627 g/mol. The number of terminal acetylenes is 1. The molecule has 1 saturated heterocycles. The molecule has 3 unspecified atom stereocenters. The largest absolute Gasteiger partial charge is 0.400 e. The molecule has 0 bridgehead atoms. The van der Waals surface area contributed by atoms with Gasteiger partial charge in [0.05, 0.1) is 6.04 Å². The number of ketones is 1. The summed E-state index contributed by atoms with van der Waals surface area (Å²) in [4.78, 5) is 65.8. The number of nitrogens with zero attached hydrogens (tertiary/aromatic N) is 1. The zero-order chi connectivity index (χ0) is 34.4. The van der Waals surface area contributed by atoms with Crippen molar-refractivity contribution in [3.63, 3.8) is 0 Å². The zero-order valence-corrected chi connectivity index (χ0v) is 27.8. The van der Waals surface area contributed by atoms with E-state index in [-0.39, 0.29) is 31.2 Å². The van der Waals surface area contributed by atoms with Crippen LogP contribution in [0.5, 0.6) is 0 Å². The first-order valence-electron chi connectivity index (χ1n) is 15.7. The number of hydrogen-bond donors (Lipinski definition) is 5. The van der Waals surface area contributed by atoms with Crippen LogP contribution in [0.2, 0.25) is 0 Å². The predicted octanol–water partition coefficient (Wildman–Crippen LogP) is 2.51. The highest BCUT2D eigenvalue weighted by atomic mass is 16.2. The summed E-state index contributed by atoms with van der Waals surface area (Å²) in [7, 11) is 2.48. The standard InChI is InChI=1S/C28H35N5O5.C3H8.C2H6.CH4O/c1-4-6-12-21(24(34)26(36)30-14-5-2)31-25(35)22-13-9-15-33(22)27(37)23(32-28(38)29-3)20-16-18-10-7-8-11-19(18)17-20;1-3-2;2*1-2/h1,5,7-8,10-11,20-23H,2,6,9,12-17H2,3H3,(H,30,36)(H,31,35)(H2,29,32,38);3H2,1-2H3;1-2H3;2H,1H3. The molecule has 3 atom stereocenters. The van der Waals surface area contributed by atoms with E-state index in [1.54, 1.807) is 0 Å². The van der Waals surface area contributed by atoms with Crippen molar-refractivity contribution < 1.29 is 29.1 Å². The van der Waals surface area contributed by atoms with Gasteiger partial charge in [0.2, 0.25) is 17.6 Å². The third-order valence-electron chi connectivity index (χ3n) is 7.01. The smallest absolute Gasteiger partial charge is 0.315 e. The first-order chi connectivity index (χ1) is 21.7. The Morgan fingerprint density at radius 3 is 2.18 bits per heavy atom. The molecule has 11 nitrogen and oxygen atoms in total. The number of likely N-dealkylation sites (tertiary alicyclic amines) is 1. The van der Waals surface area contributed by atoms with Gasteiger partial charge in [0.1, 0.15) is 12.1 Å². The van der Waals surface area contributed by atoms with Gasteiger partial charge in [-0.3, -0.25) is 19.2 Å². The molecule has 1 heterocycles. The Bertz CT molecular complexity index is 1120. The van der Waals surface area contributed by atoms with Gasteiger partial charge in [0.15, 0.2) is 0 Å². The van der Waals surface area contributed by atoms with Crippen LogP contribution in [0.1, 0.15) is 70.9 Å². The maximum atomic E-state index is 13.8. The Balaban J connectivity index is 0.00000256. The van der Waals surface area contributed by atoms with E-state index >= 15 is 0 Å². The van der Waals surface area contributed by atoms with Gasteiger partial charge < -0.3 is 31.3 Å². The first-order valence-corrected chi connectivity index (χ1v) is 15.7. The van der Waals surface area contributed by atoms with Crippen LogP contribution in [-0.2, 0) is 32.0 Å². The van der Waals surface area contributed by atoms with Crippen LogP contribution >= 0.6 is 0 Å². The summed E-state index contributed by atoms with van der Waals surface area (Å²) >= 11 is 0. The number of nitrogens with one attached hydrogen (secondary N) is 4. The minimum absolute atomic E-state index is 0.0877. The van der Waals surface area contributed by atoms with E-state index in [4.69, 9.17) is 11.5 Å². The van der Waals surface area contributed by atoms with E-state index in [1.807, 2.05) is 38.1 Å².